The van der Waals surface area contributed by atoms with Crippen LogP contribution in [0.1, 0.15) is 25.3 Å². The number of urea groups is 1. The molecule has 0 radical (unpaired) electrons. The van der Waals surface area contributed by atoms with E-state index >= 15 is 0 Å². The lowest BCUT2D eigenvalue weighted by atomic mass is 10.0. The fourth-order valence-corrected chi connectivity index (χ4v) is 2.32. The quantitative estimate of drug-likeness (QED) is 0.814. The third-order valence-electron chi connectivity index (χ3n) is 3.91. The number of amides is 3. The summed E-state index contributed by atoms with van der Waals surface area (Å²) in [6.07, 6.45) is 0. The highest BCUT2D eigenvalue weighted by atomic mass is 16.5. The second-order valence-corrected chi connectivity index (χ2v) is 5.82. The van der Waals surface area contributed by atoms with Gasteiger partial charge >= 0.3 is 6.03 Å². The van der Waals surface area contributed by atoms with Crippen molar-refractivity contribution >= 4 is 11.9 Å². The van der Waals surface area contributed by atoms with Crippen LogP contribution in [0.3, 0.4) is 0 Å². The minimum absolute atomic E-state index is 0.0679. The first kappa shape index (κ1) is 15.2. The van der Waals surface area contributed by atoms with Crippen molar-refractivity contribution in [1.82, 2.24) is 20.4 Å². The number of hydrogen-bond acceptors (Lipinski definition) is 6. The Kier molecular flexibility index (Phi) is 3.61. The van der Waals surface area contributed by atoms with Crippen molar-refractivity contribution in [2.75, 3.05) is 0 Å². The normalized spacial score (nSPS) is 16.7. The van der Waals surface area contributed by atoms with Crippen LogP contribution in [0.5, 0.6) is 0 Å². The number of nitrogens with zero attached hydrogens (tertiary/aromatic N) is 3. The van der Waals surface area contributed by atoms with Gasteiger partial charge in [-0.05, 0) is 19.4 Å². The minimum Gasteiger partial charge on any atom is -0.337 e. The van der Waals surface area contributed by atoms with Crippen molar-refractivity contribution in [2.24, 2.45) is 5.73 Å². The molecular formula is C15H17N5O3. The fourth-order valence-electron chi connectivity index (χ4n) is 2.32. The molecule has 8 nitrogen and oxygen atoms in total. The van der Waals surface area contributed by atoms with Gasteiger partial charge in [0, 0.05) is 12.1 Å². The lowest BCUT2D eigenvalue weighted by molar-refractivity contribution is -0.125. The van der Waals surface area contributed by atoms with E-state index < -0.39 is 11.6 Å². The molecule has 0 atom stereocenters. The standard InChI is InChI=1S/C15H17N5O3/c1-15(2)13(21)18-14(22)20(15)8-11-17-12(19-23-11)10-5-3-9(7-16)4-6-10/h3-6H,7-8,16H2,1-2H3,(H,18,21,22). The van der Waals surface area contributed by atoms with Gasteiger partial charge in [0.15, 0.2) is 0 Å². The molecule has 23 heavy (non-hydrogen) atoms. The van der Waals surface area contributed by atoms with Gasteiger partial charge < -0.3 is 15.2 Å². The lowest BCUT2D eigenvalue weighted by Crippen LogP contribution is -2.43. The Morgan fingerprint density at radius 1 is 1.26 bits per heavy atom. The molecule has 8 heteroatoms. The minimum atomic E-state index is -0.950. The molecule has 1 fully saturated rings. The van der Waals surface area contributed by atoms with Gasteiger partial charge in [-0.2, -0.15) is 4.98 Å². The second kappa shape index (κ2) is 5.47. The van der Waals surface area contributed by atoms with Gasteiger partial charge in [-0.1, -0.05) is 29.4 Å². The maximum absolute atomic E-state index is 11.8. The van der Waals surface area contributed by atoms with Crippen LogP contribution in [0.15, 0.2) is 28.8 Å². The molecule has 2 heterocycles. The molecule has 0 saturated carbocycles. The highest BCUT2D eigenvalue weighted by Gasteiger charge is 2.46. The first-order valence-corrected chi connectivity index (χ1v) is 7.17. The Labute approximate surface area is 132 Å². The highest BCUT2D eigenvalue weighted by molar-refractivity contribution is 6.06. The summed E-state index contributed by atoms with van der Waals surface area (Å²) in [7, 11) is 0. The summed E-state index contributed by atoms with van der Waals surface area (Å²) >= 11 is 0. The average Bonchev–Trinajstić information content (AvgIpc) is 3.07. The van der Waals surface area contributed by atoms with Crippen LogP contribution in [-0.4, -0.2) is 32.5 Å². The molecule has 1 aliphatic heterocycles. The summed E-state index contributed by atoms with van der Waals surface area (Å²) in [5.74, 6) is 0.341. The summed E-state index contributed by atoms with van der Waals surface area (Å²) in [6.45, 7) is 3.86. The highest BCUT2D eigenvalue weighted by Crippen LogP contribution is 2.24. The van der Waals surface area contributed by atoms with E-state index in [1.165, 1.54) is 4.90 Å². The van der Waals surface area contributed by atoms with E-state index in [2.05, 4.69) is 15.5 Å². The van der Waals surface area contributed by atoms with Gasteiger partial charge in [-0.15, -0.1) is 0 Å². The van der Waals surface area contributed by atoms with Gasteiger partial charge in [0.05, 0.1) is 0 Å². The van der Waals surface area contributed by atoms with E-state index in [0.29, 0.717) is 12.4 Å². The summed E-state index contributed by atoms with van der Waals surface area (Å²) in [5, 5.41) is 6.19. The average molecular weight is 315 g/mol. The van der Waals surface area contributed by atoms with Gasteiger partial charge in [-0.25, -0.2) is 4.79 Å². The number of hydrogen-bond donors (Lipinski definition) is 2. The van der Waals surface area contributed by atoms with Crippen molar-refractivity contribution in [3.63, 3.8) is 0 Å². The van der Waals surface area contributed by atoms with E-state index in [4.69, 9.17) is 10.3 Å². The third kappa shape index (κ3) is 2.68. The monoisotopic (exact) mass is 315 g/mol. The van der Waals surface area contributed by atoms with Crippen molar-refractivity contribution in [3.8, 4) is 11.4 Å². The Morgan fingerprint density at radius 3 is 2.52 bits per heavy atom. The molecule has 1 aromatic heterocycles. The molecular weight excluding hydrogens is 298 g/mol. The van der Waals surface area contributed by atoms with E-state index in [-0.39, 0.29) is 18.3 Å². The van der Waals surface area contributed by atoms with Crippen molar-refractivity contribution in [3.05, 3.63) is 35.7 Å². The molecule has 3 amide bonds. The molecule has 3 N–H and O–H groups in total. The Hall–Kier alpha value is -2.74. The van der Waals surface area contributed by atoms with Crippen LogP contribution in [-0.2, 0) is 17.9 Å². The van der Waals surface area contributed by atoms with E-state index in [9.17, 15) is 9.59 Å². The molecule has 3 rings (SSSR count). The second-order valence-electron chi connectivity index (χ2n) is 5.82. The first-order valence-electron chi connectivity index (χ1n) is 7.17. The zero-order valence-corrected chi connectivity index (χ0v) is 12.9. The van der Waals surface area contributed by atoms with Crippen LogP contribution in [0, 0.1) is 0 Å². The predicted molar refractivity (Wildman–Crippen MR) is 80.8 cm³/mol. The number of benzene rings is 1. The largest absolute Gasteiger partial charge is 0.337 e. The van der Waals surface area contributed by atoms with Gasteiger partial charge in [0.2, 0.25) is 11.7 Å². The summed E-state index contributed by atoms with van der Waals surface area (Å²) in [6, 6.07) is 7.02. The van der Waals surface area contributed by atoms with Gasteiger partial charge in [0.1, 0.15) is 12.1 Å². The molecule has 0 aliphatic carbocycles. The molecule has 2 aromatic rings. The maximum atomic E-state index is 11.8. The van der Waals surface area contributed by atoms with E-state index in [1.807, 2.05) is 24.3 Å². The molecule has 0 unspecified atom stereocenters. The third-order valence-corrected chi connectivity index (χ3v) is 3.91. The molecule has 0 bridgehead atoms. The van der Waals surface area contributed by atoms with E-state index in [0.717, 1.165) is 11.1 Å². The van der Waals surface area contributed by atoms with Crippen molar-refractivity contribution < 1.29 is 14.1 Å². The number of imide groups is 1. The number of carbonyl (C=O) groups is 2. The van der Waals surface area contributed by atoms with Gasteiger partial charge in [0.25, 0.3) is 5.91 Å². The predicted octanol–water partition coefficient (Wildman–Crippen LogP) is 1.03. The number of nitrogens with one attached hydrogen (secondary N) is 1. The van der Waals surface area contributed by atoms with Crippen LogP contribution in [0.25, 0.3) is 11.4 Å². The smallest absolute Gasteiger partial charge is 0.325 e. The zero-order valence-electron chi connectivity index (χ0n) is 12.9. The molecule has 1 aromatic carbocycles. The van der Waals surface area contributed by atoms with Crippen LogP contribution < -0.4 is 11.1 Å². The Bertz CT molecular complexity index is 751. The first-order chi connectivity index (χ1) is 10.9. The van der Waals surface area contributed by atoms with Crippen molar-refractivity contribution in [1.29, 1.82) is 0 Å². The number of rotatable bonds is 4. The van der Waals surface area contributed by atoms with Crippen LogP contribution >= 0.6 is 0 Å². The van der Waals surface area contributed by atoms with Crippen LogP contribution in [0.2, 0.25) is 0 Å². The Morgan fingerprint density at radius 2 is 1.96 bits per heavy atom. The lowest BCUT2D eigenvalue weighted by Gasteiger charge is -2.26. The van der Waals surface area contributed by atoms with E-state index in [1.54, 1.807) is 13.8 Å². The molecule has 0 spiro atoms. The maximum Gasteiger partial charge on any atom is 0.325 e. The Balaban J connectivity index is 1.79. The molecule has 120 valence electrons. The van der Waals surface area contributed by atoms with Crippen molar-refractivity contribution in [2.45, 2.75) is 32.5 Å². The summed E-state index contributed by atoms with van der Waals surface area (Å²) < 4.78 is 5.20. The number of aromatic nitrogens is 2. The topological polar surface area (TPSA) is 114 Å². The molecule has 1 saturated heterocycles. The zero-order chi connectivity index (χ0) is 16.6. The summed E-state index contributed by atoms with van der Waals surface area (Å²) in [4.78, 5) is 29.2. The summed E-state index contributed by atoms with van der Waals surface area (Å²) in [5.41, 5.74) is 6.41. The molecule has 1 aliphatic rings. The number of carbonyl (C=O) groups excluding carboxylic acids is 2. The van der Waals surface area contributed by atoms with Crippen LogP contribution in [0.4, 0.5) is 4.79 Å². The fraction of sp³-hybridized carbons (Fsp3) is 0.333. The van der Waals surface area contributed by atoms with Gasteiger partial charge in [-0.3, -0.25) is 10.1 Å². The number of nitrogens with two attached hydrogens (primary N) is 1. The SMILES string of the molecule is CC1(C)C(=O)NC(=O)N1Cc1nc(-c2ccc(CN)cc2)no1.